The van der Waals surface area contributed by atoms with Gasteiger partial charge in [-0.1, -0.05) is 29.3 Å². The molecule has 0 unspecified atom stereocenters. The lowest BCUT2D eigenvalue weighted by atomic mass is 10.0. The molecule has 9 heteroatoms. The van der Waals surface area contributed by atoms with E-state index in [1.165, 1.54) is 20.1 Å². The molecule has 0 saturated carbocycles. The number of rotatable bonds is 7. The highest BCUT2D eigenvalue weighted by atomic mass is 35.5. The van der Waals surface area contributed by atoms with Crippen molar-refractivity contribution in [3.63, 3.8) is 0 Å². The highest BCUT2D eigenvalue weighted by Gasteiger charge is 2.25. The van der Waals surface area contributed by atoms with Gasteiger partial charge in [-0.3, -0.25) is 4.55 Å². The van der Waals surface area contributed by atoms with E-state index in [-0.39, 0.29) is 6.79 Å². The Morgan fingerprint density at radius 1 is 1.40 bits per heavy atom. The van der Waals surface area contributed by atoms with Crippen molar-refractivity contribution in [3.8, 4) is 0 Å². The van der Waals surface area contributed by atoms with Crippen LogP contribution >= 0.6 is 23.2 Å². The first kappa shape index (κ1) is 17.6. The second-order valence-corrected chi connectivity index (χ2v) is 6.07. The molecule has 1 aromatic rings. The van der Waals surface area contributed by atoms with Gasteiger partial charge in [-0.2, -0.15) is 13.1 Å². The van der Waals surface area contributed by atoms with Gasteiger partial charge in [0.25, 0.3) is 0 Å². The number of ether oxygens (including phenoxy) is 2. The molecule has 20 heavy (non-hydrogen) atoms. The first-order valence-electron chi connectivity index (χ1n) is 5.55. The van der Waals surface area contributed by atoms with Crippen LogP contribution < -0.4 is 4.72 Å². The fourth-order valence-electron chi connectivity index (χ4n) is 1.67. The van der Waals surface area contributed by atoms with Crippen molar-refractivity contribution < 1.29 is 22.4 Å². The molecule has 0 aliphatic rings. The normalized spacial score (nSPS) is 15.1. The van der Waals surface area contributed by atoms with Gasteiger partial charge < -0.3 is 9.47 Å². The van der Waals surface area contributed by atoms with E-state index < -0.39 is 22.4 Å². The zero-order chi connectivity index (χ0) is 15.3. The summed E-state index contributed by atoms with van der Waals surface area (Å²) >= 11 is 11.9. The molecule has 0 spiro atoms. The molecule has 2 N–H and O–H groups in total. The maximum Gasteiger partial charge on any atom is 0.333 e. The molecule has 6 nitrogen and oxygen atoms in total. The minimum atomic E-state index is -4.36. The molecule has 2 atom stereocenters. The molecule has 0 heterocycles. The average molecular weight is 344 g/mol. The van der Waals surface area contributed by atoms with Crippen molar-refractivity contribution in [1.29, 1.82) is 0 Å². The van der Waals surface area contributed by atoms with Crippen LogP contribution in [0.15, 0.2) is 18.2 Å². The standard InChI is InChI=1S/C11H15Cl2NO5S/c1-7(14-20(15,16)17)11(19-6-18-2)9-4-3-8(12)5-10(9)13/h3-5,7,11,14H,6H2,1-2H3,(H,15,16,17)/t7-,11+/m0/s1. The Bertz CT molecular complexity index is 552. The van der Waals surface area contributed by atoms with Crippen molar-refractivity contribution in [3.05, 3.63) is 33.8 Å². The van der Waals surface area contributed by atoms with E-state index in [4.69, 9.17) is 37.2 Å². The third-order valence-corrected chi connectivity index (χ3v) is 3.66. The van der Waals surface area contributed by atoms with Gasteiger partial charge in [0.1, 0.15) is 12.9 Å². The second kappa shape index (κ2) is 7.56. The molecule has 114 valence electrons. The highest BCUT2D eigenvalue weighted by Crippen LogP contribution is 2.30. The van der Waals surface area contributed by atoms with Gasteiger partial charge in [0.2, 0.25) is 0 Å². The van der Waals surface area contributed by atoms with Gasteiger partial charge >= 0.3 is 10.3 Å². The van der Waals surface area contributed by atoms with Crippen LogP contribution in [0.25, 0.3) is 0 Å². The van der Waals surface area contributed by atoms with Gasteiger partial charge in [0.15, 0.2) is 0 Å². The first-order chi connectivity index (χ1) is 9.24. The first-order valence-corrected chi connectivity index (χ1v) is 7.74. The predicted octanol–water partition coefficient (Wildman–Crippen LogP) is 2.44. The Morgan fingerprint density at radius 3 is 2.55 bits per heavy atom. The zero-order valence-electron chi connectivity index (χ0n) is 10.8. The summed E-state index contributed by atoms with van der Waals surface area (Å²) in [5.41, 5.74) is 0.525. The Balaban J connectivity index is 3.04. The molecule has 0 bridgehead atoms. The molecule has 0 radical (unpaired) electrons. The van der Waals surface area contributed by atoms with Crippen molar-refractivity contribution in [2.75, 3.05) is 13.9 Å². The van der Waals surface area contributed by atoms with Gasteiger partial charge in [0.05, 0.1) is 6.04 Å². The zero-order valence-corrected chi connectivity index (χ0v) is 13.2. The molecule has 0 aliphatic heterocycles. The van der Waals surface area contributed by atoms with Crippen LogP contribution in [-0.4, -0.2) is 32.9 Å². The fourth-order valence-corrected chi connectivity index (χ4v) is 2.78. The van der Waals surface area contributed by atoms with E-state index >= 15 is 0 Å². The second-order valence-electron chi connectivity index (χ2n) is 4.04. The Kier molecular flexibility index (Phi) is 6.67. The fraction of sp³-hybridized carbons (Fsp3) is 0.455. The van der Waals surface area contributed by atoms with E-state index in [2.05, 4.69) is 0 Å². The summed E-state index contributed by atoms with van der Waals surface area (Å²) < 4.78 is 42.9. The molecule has 0 aromatic heterocycles. The van der Waals surface area contributed by atoms with Gasteiger partial charge in [-0.05, 0) is 19.1 Å². The largest absolute Gasteiger partial charge is 0.359 e. The van der Waals surface area contributed by atoms with E-state index in [0.717, 1.165) is 0 Å². The summed E-state index contributed by atoms with van der Waals surface area (Å²) in [6, 6.07) is 3.97. The van der Waals surface area contributed by atoms with Gasteiger partial charge in [0, 0.05) is 22.7 Å². The summed E-state index contributed by atoms with van der Waals surface area (Å²) in [5.74, 6) is 0. The lowest BCUT2D eigenvalue weighted by molar-refractivity contribution is -0.0814. The van der Waals surface area contributed by atoms with E-state index in [9.17, 15) is 8.42 Å². The van der Waals surface area contributed by atoms with Crippen LogP contribution in [0, 0.1) is 0 Å². The Morgan fingerprint density at radius 2 is 2.05 bits per heavy atom. The number of methoxy groups -OCH3 is 1. The van der Waals surface area contributed by atoms with Crippen LogP contribution in [0.4, 0.5) is 0 Å². The Hall–Kier alpha value is -0.410. The van der Waals surface area contributed by atoms with Gasteiger partial charge in [-0.25, -0.2) is 0 Å². The Labute approximate surface area is 127 Å². The smallest absolute Gasteiger partial charge is 0.333 e. The molecule has 0 aliphatic carbocycles. The minimum Gasteiger partial charge on any atom is -0.359 e. The summed E-state index contributed by atoms with van der Waals surface area (Å²) in [6.07, 6.45) is -0.748. The lowest BCUT2D eigenvalue weighted by Gasteiger charge is -2.25. The maximum absolute atomic E-state index is 10.9. The van der Waals surface area contributed by atoms with Crippen molar-refractivity contribution in [2.45, 2.75) is 19.1 Å². The molecule has 0 amide bonds. The summed E-state index contributed by atoms with van der Waals surface area (Å²) in [6.45, 7) is 1.46. The number of hydrogen-bond donors (Lipinski definition) is 2. The third kappa shape index (κ3) is 5.53. The third-order valence-electron chi connectivity index (χ3n) is 2.42. The van der Waals surface area contributed by atoms with Crippen LogP contribution in [0.1, 0.15) is 18.6 Å². The molecular weight excluding hydrogens is 329 g/mol. The van der Waals surface area contributed by atoms with Crippen molar-refractivity contribution >= 4 is 33.5 Å². The SMILES string of the molecule is COCO[C@@H](c1ccc(Cl)cc1Cl)[C@H](C)NS(=O)(=O)O. The number of nitrogens with one attached hydrogen (secondary N) is 1. The molecule has 1 aromatic carbocycles. The summed E-state index contributed by atoms with van der Waals surface area (Å²) in [5, 5.41) is 0.766. The molecule has 1 rings (SSSR count). The molecule has 0 saturated heterocycles. The van der Waals surface area contributed by atoms with Crippen molar-refractivity contribution in [1.82, 2.24) is 4.72 Å². The van der Waals surface area contributed by atoms with E-state index in [1.54, 1.807) is 12.1 Å². The van der Waals surface area contributed by atoms with Crippen LogP contribution in [0.5, 0.6) is 0 Å². The van der Waals surface area contributed by atoms with Crippen LogP contribution in [0.3, 0.4) is 0 Å². The van der Waals surface area contributed by atoms with E-state index in [0.29, 0.717) is 15.6 Å². The topological polar surface area (TPSA) is 84.9 Å². The maximum atomic E-state index is 10.9. The quantitative estimate of drug-likeness (QED) is 0.586. The van der Waals surface area contributed by atoms with Crippen LogP contribution in [-0.2, 0) is 19.8 Å². The summed E-state index contributed by atoms with van der Waals surface area (Å²) in [7, 11) is -2.93. The number of benzene rings is 1. The molecule has 0 fully saturated rings. The average Bonchev–Trinajstić information content (AvgIpc) is 2.29. The summed E-state index contributed by atoms with van der Waals surface area (Å²) in [4.78, 5) is 0. The predicted molar refractivity (Wildman–Crippen MR) is 76.3 cm³/mol. The van der Waals surface area contributed by atoms with Crippen molar-refractivity contribution in [2.24, 2.45) is 0 Å². The minimum absolute atomic E-state index is 0.0683. The van der Waals surface area contributed by atoms with Crippen LogP contribution in [0.2, 0.25) is 10.0 Å². The van der Waals surface area contributed by atoms with E-state index in [1.807, 2.05) is 4.72 Å². The monoisotopic (exact) mass is 343 g/mol. The molecular formula is C11H15Cl2NO5S. The lowest BCUT2D eigenvalue weighted by Crippen LogP contribution is -2.38. The highest BCUT2D eigenvalue weighted by molar-refractivity contribution is 7.83. The number of halogens is 2. The van der Waals surface area contributed by atoms with Gasteiger partial charge in [-0.15, -0.1) is 0 Å². The number of hydrogen-bond acceptors (Lipinski definition) is 4.